The van der Waals surface area contributed by atoms with E-state index in [-0.39, 0.29) is 17.7 Å². The van der Waals surface area contributed by atoms with E-state index in [1.807, 2.05) is 24.8 Å². The van der Waals surface area contributed by atoms with Crippen LogP contribution in [0.2, 0.25) is 0 Å². The summed E-state index contributed by atoms with van der Waals surface area (Å²) in [7, 11) is 1.59. The summed E-state index contributed by atoms with van der Waals surface area (Å²) in [4.78, 5) is 30.3. The Hall–Kier alpha value is -2.86. The van der Waals surface area contributed by atoms with Crippen molar-refractivity contribution in [3.05, 3.63) is 65.7 Å². The highest BCUT2D eigenvalue weighted by molar-refractivity contribution is 5.97. The molecule has 6 nitrogen and oxygen atoms in total. The van der Waals surface area contributed by atoms with Gasteiger partial charge in [-0.25, -0.2) is 0 Å². The van der Waals surface area contributed by atoms with Crippen molar-refractivity contribution in [3.63, 3.8) is 0 Å². The van der Waals surface area contributed by atoms with Crippen molar-refractivity contribution in [2.75, 3.05) is 33.3 Å². The van der Waals surface area contributed by atoms with Crippen molar-refractivity contribution in [3.8, 4) is 5.75 Å². The Balaban J connectivity index is 1.60. The van der Waals surface area contributed by atoms with Crippen molar-refractivity contribution < 1.29 is 14.3 Å². The van der Waals surface area contributed by atoms with Gasteiger partial charge >= 0.3 is 0 Å². The number of carbonyl (C=O) groups is 2. The molecule has 0 aliphatic carbocycles. The third-order valence-electron chi connectivity index (χ3n) is 5.72. The largest absolute Gasteiger partial charge is 0.497 e. The SMILES string of the molecule is COc1ccc(C(=O)NC(C(=O)N2CCCN(Cc3ccccc3)CC2)C(C)C)cc1. The first kappa shape index (κ1) is 22.8. The van der Waals surface area contributed by atoms with Crippen LogP contribution in [0.3, 0.4) is 0 Å². The van der Waals surface area contributed by atoms with Crippen LogP contribution < -0.4 is 10.1 Å². The minimum Gasteiger partial charge on any atom is -0.497 e. The normalized spacial score (nSPS) is 15.9. The molecular weight excluding hydrogens is 390 g/mol. The number of nitrogens with zero attached hydrogens (tertiary/aromatic N) is 2. The van der Waals surface area contributed by atoms with Gasteiger partial charge in [-0.3, -0.25) is 14.5 Å². The molecular formula is C25H33N3O3. The third kappa shape index (κ3) is 6.31. The van der Waals surface area contributed by atoms with Gasteiger partial charge in [0.1, 0.15) is 11.8 Å². The zero-order valence-corrected chi connectivity index (χ0v) is 18.7. The van der Waals surface area contributed by atoms with Gasteiger partial charge in [0, 0.05) is 38.3 Å². The summed E-state index contributed by atoms with van der Waals surface area (Å²) in [6.45, 7) is 8.01. The standard InChI is InChI=1S/C25H33N3O3/c1-19(2)23(26-24(29)21-10-12-22(31-3)13-11-21)25(30)28-15-7-14-27(16-17-28)18-20-8-5-4-6-9-20/h4-6,8-13,19,23H,7,14-18H2,1-3H3,(H,26,29). The van der Waals surface area contributed by atoms with Crippen molar-refractivity contribution in [2.45, 2.75) is 32.9 Å². The van der Waals surface area contributed by atoms with E-state index in [2.05, 4.69) is 34.5 Å². The van der Waals surface area contributed by atoms with Gasteiger partial charge in [0.25, 0.3) is 5.91 Å². The van der Waals surface area contributed by atoms with Crippen LogP contribution in [-0.4, -0.2) is 60.9 Å². The summed E-state index contributed by atoms with van der Waals surface area (Å²) in [5, 5.41) is 2.95. The average Bonchev–Trinajstić information content (AvgIpc) is 3.03. The molecule has 2 aromatic rings. The molecule has 3 rings (SSSR count). The van der Waals surface area contributed by atoms with Crippen molar-refractivity contribution in [1.29, 1.82) is 0 Å². The first-order valence-electron chi connectivity index (χ1n) is 11.0. The lowest BCUT2D eigenvalue weighted by molar-refractivity contribution is -0.134. The fourth-order valence-electron chi connectivity index (χ4n) is 3.87. The van der Waals surface area contributed by atoms with E-state index in [4.69, 9.17) is 4.74 Å². The molecule has 1 heterocycles. The highest BCUT2D eigenvalue weighted by Gasteiger charge is 2.30. The van der Waals surface area contributed by atoms with Gasteiger partial charge in [-0.15, -0.1) is 0 Å². The summed E-state index contributed by atoms with van der Waals surface area (Å²) in [6, 6.07) is 16.8. The predicted molar refractivity (Wildman–Crippen MR) is 122 cm³/mol. The number of ether oxygens (including phenoxy) is 1. The summed E-state index contributed by atoms with van der Waals surface area (Å²) in [5.74, 6) is 0.449. The fraction of sp³-hybridized carbons (Fsp3) is 0.440. The van der Waals surface area contributed by atoms with Crippen molar-refractivity contribution in [1.82, 2.24) is 15.1 Å². The second-order valence-corrected chi connectivity index (χ2v) is 8.36. The molecule has 0 saturated carbocycles. The minimum atomic E-state index is -0.546. The van der Waals surface area contributed by atoms with Crippen LogP contribution in [0.1, 0.15) is 36.2 Å². The predicted octanol–water partition coefficient (Wildman–Crippen LogP) is 3.18. The van der Waals surface area contributed by atoms with E-state index in [1.165, 1.54) is 5.56 Å². The maximum atomic E-state index is 13.3. The summed E-state index contributed by atoms with van der Waals surface area (Å²) in [6.07, 6.45) is 0.926. The molecule has 1 aliphatic heterocycles. The van der Waals surface area contributed by atoms with E-state index >= 15 is 0 Å². The summed E-state index contributed by atoms with van der Waals surface area (Å²) in [5.41, 5.74) is 1.80. The van der Waals surface area contributed by atoms with E-state index in [0.29, 0.717) is 24.4 Å². The number of carbonyl (C=O) groups excluding carboxylic acids is 2. The first-order chi connectivity index (χ1) is 15.0. The van der Waals surface area contributed by atoms with Crippen LogP contribution in [0.4, 0.5) is 0 Å². The lowest BCUT2D eigenvalue weighted by Crippen LogP contribution is -2.52. The van der Waals surface area contributed by atoms with Gasteiger partial charge in [-0.05, 0) is 42.2 Å². The van der Waals surface area contributed by atoms with E-state index in [0.717, 1.165) is 26.1 Å². The van der Waals surface area contributed by atoms with Gasteiger partial charge in [-0.2, -0.15) is 0 Å². The molecule has 1 saturated heterocycles. The van der Waals surface area contributed by atoms with Crippen LogP contribution >= 0.6 is 0 Å². The first-order valence-corrected chi connectivity index (χ1v) is 11.0. The molecule has 166 valence electrons. The number of hydrogen-bond donors (Lipinski definition) is 1. The second-order valence-electron chi connectivity index (χ2n) is 8.36. The van der Waals surface area contributed by atoms with Crippen LogP contribution in [0.15, 0.2) is 54.6 Å². The zero-order chi connectivity index (χ0) is 22.2. The van der Waals surface area contributed by atoms with Crippen LogP contribution in [0.25, 0.3) is 0 Å². The van der Waals surface area contributed by atoms with Crippen molar-refractivity contribution in [2.24, 2.45) is 5.92 Å². The average molecular weight is 424 g/mol. The van der Waals surface area contributed by atoms with Crippen LogP contribution in [0, 0.1) is 5.92 Å². The molecule has 1 aliphatic rings. The molecule has 0 radical (unpaired) electrons. The minimum absolute atomic E-state index is 0.00146. The van der Waals surface area contributed by atoms with Gasteiger partial charge in [-0.1, -0.05) is 44.2 Å². The van der Waals surface area contributed by atoms with Crippen LogP contribution in [-0.2, 0) is 11.3 Å². The lowest BCUT2D eigenvalue weighted by Gasteiger charge is -2.29. The molecule has 1 N–H and O–H groups in total. The monoisotopic (exact) mass is 423 g/mol. The van der Waals surface area contributed by atoms with E-state index in [9.17, 15) is 9.59 Å². The summed E-state index contributed by atoms with van der Waals surface area (Å²) < 4.78 is 5.15. The molecule has 0 bridgehead atoms. The zero-order valence-electron chi connectivity index (χ0n) is 18.7. The number of hydrogen-bond acceptors (Lipinski definition) is 4. The van der Waals surface area contributed by atoms with E-state index in [1.54, 1.807) is 31.4 Å². The van der Waals surface area contributed by atoms with Gasteiger partial charge in [0.15, 0.2) is 0 Å². The molecule has 1 fully saturated rings. The van der Waals surface area contributed by atoms with Gasteiger partial charge in [0.2, 0.25) is 5.91 Å². The maximum Gasteiger partial charge on any atom is 0.251 e. The van der Waals surface area contributed by atoms with E-state index < -0.39 is 6.04 Å². The number of rotatable bonds is 7. The molecule has 0 spiro atoms. The lowest BCUT2D eigenvalue weighted by atomic mass is 10.0. The van der Waals surface area contributed by atoms with Gasteiger partial charge < -0.3 is 15.0 Å². The maximum absolute atomic E-state index is 13.3. The Morgan fingerprint density at radius 3 is 2.32 bits per heavy atom. The Morgan fingerprint density at radius 1 is 0.968 bits per heavy atom. The second kappa shape index (κ2) is 11.0. The number of nitrogens with one attached hydrogen (secondary N) is 1. The number of benzene rings is 2. The summed E-state index contributed by atoms with van der Waals surface area (Å²) >= 11 is 0. The highest BCUT2D eigenvalue weighted by Crippen LogP contribution is 2.15. The molecule has 31 heavy (non-hydrogen) atoms. The Bertz CT molecular complexity index is 852. The molecule has 2 aromatic carbocycles. The molecule has 1 unspecified atom stereocenters. The molecule has 6 heteroatoms. The fourth-order valence-corrected chi connectivity index (χ4v) is 3.87. The number of methoxy groups -OCH3 is 1. The quantitative estimate of drug-likeness (QED) is 0.743. The number of amides is 2. The molecule has 0 aromatic heterocycles. The molecule has 1 atom stereocenters. The van der Waals surface area contributed by atoms with Gasteiger partial charge in [0.05, 0.1) is 7.11 Å². The molecule has 2 amide bonds. The van der Waals surface area contributed by atoms with Crippen LogP contribution in [0.5, 0.6) is 5.75 Å². The highest BCUT2D eigenvalue weighted by atomic mass is 16.5. The Kier molecular flexibility index (Phi) is 8.06. The Morgan fingerprint density at radius 2 is 1.68 bits per heavy atom. The third-order valence-corrected chi connectivity index (χ3v) is 5.72. The topological polar surface area (TPSA) is 61.9 Å². The van der Waals surface area contributed by atoms with Crippen molar-refractivity contribution >= 4 is 11.8 Å². The smallest absolute Gasteiger partial charge is 0.251 e. The Labute approximate surface area is 185 Å².